The molecular weight excluding hydrogens is 260 g/mol. The molecule has 5 heteroatoms. The highest BCUT2D eigenvalue weighted by Crippen LogP contribution is 2.30. The number of hydrogen-bond donors (Lipinski definition) is 0. The molecule has 0 spiro atoms. The van der Waals surface area contributed by atoms with Crippen molar-refractivity contribution >= 4 is 27.3 Å². The fraction of sp³-hybridized carbons (Fsp3) is 0.400. The molecule has 0 aliphatic rings. The molecule has 0 amide bonds. The van der Waals surface area contributed by atoms with Gasteiger partial charge in [0.2, 0.25) is 0 Å². The molecule has 0 fully saturated rings. The Bertz CT molecular complexity index is 364. The van der Waals surface area contributed by atoms with E-state index in [1.54, 1.807) is 12.1 Å². The number of nitro groups is 1. The topological polar surface area (TPSA) is 46.4 Å². The molecular formula is C10H13BrN2O2. The maximum absolute atomic E-state index is 10.8. The van der Waals surface area contributed by atoms with Crippen molar-refractivity contribution in [1.82, 2.24) is 0 Å². The Kier molecular flexibility index (Phi) is 4.08. The van der Waals surface area contributed by atoms with E-state index in [-0.39, 0.29) is 10.6 Å². The Hall–Kier alpha value is -1.10. The molecule has 0 bridgehead atoms. The lowest BCUT2D eigenvalue weighted by atomic mass is 10.2. The minimum atomic E-state index is -0.347. The van der Waals surface area contributed by atoms with E-state index in [1.807, 2.05) is 18.7 Å². The number of halogens is 1. The van der Waals surface area contributed by atoms with E-state index in [9.17, 15) is 10.1 Å². The lowest BCUT2D eigenvalue weighted by Crippen LogP contribution is -2.22. The first-order valence-electron chi connectivity index (χ1n) is 4.79. The molecule has 1 aromatic rings. The molecule has 0 heterocycles. The number of anilines is 1. The Balaban J connectivity index is 3.22. The number of benzene rings is 1. The number of rotatable bonds is 4. The Morgan fingerprint density at radius 3 is 2.47 bits per heavy atom. The van der Waals surface area contributed by atoms with E-state index in [0.717, 1.165) is 17.6 Å². The summed E-state index contributed by atoms with van der Waals surface area (Å²) >= 11 is 3.32. The third-order valence-corrected chi connectivity index (χ3v) is 2.73. The van der Waals surface area contributed by atoms with Crippen LogP contribution in [0.3, 0.4) is 0 Å². The van der Waals surface area contributed by atoms with E-state index in [1.165, 1.54) is 6.07 Å². The summed E-state index contributed by atoms with van der Waals surface area (Å²) in [6, 6.07) is 4.99. The van der Waals surface area contributed by atoms with E-state index in [2.05, 4.69) is 15.9 Å². The van der Waals surface area contributed by atoms with Gasteiger partial charge >= 0.3 is 0 Å². The van der Waals surface area contributed by atoms with Crippen LogP contribution in [0.5, 0.6) is 0 Å². The van der Waals surface area contributed by atoms with Gasteiger partial charge in [-0.3, -0.25) is 10.1 Å². The van der Waals surface area contributed by atoms with Crippen molar-refractivity contribution < 1.29 is 4.92 Å². The Morgan fingerprint density at radius 1 is 1.40 bits per heavy atom. The normalized spacial score (nSPS) is 10.1. The highest BCUT2D eigenvalue weighted by atomic mass is 79.9. The lowest BCUT2D eigenvalue weighted by molar-refractivity contribution is -0.384. The summed E-state index contributed by atoms with van der Waals surface area (Å²) in [5, 5.41) is 10.8. The van der Waals surface area contributed by atoms with E-state index >= 15 is 0 Å². The van der Waals surface area contributed by atoms with E-state index < -0.39 is 0 Å². The van der Waals surface area contributed by atoms with Crippen LogP contribution in [0.25, 0.3) is 0 Å². The van der Waals surface area contributed by atoms with Crippen molar-refractivity contribution in [2.75, 3.05) is 18.0 Å². The fourth-order valence-corrected chi connectivity index (χ4v) is 1.82. The smallest absolute Gasteiger partial charge is 0.292 e. The van der Waals surface area contributed by atoms with Gasteiger partial charge in [-0.1, -0.05) is 15.9 Å². The maximum atomic E-state index is 10.8. The van der Waals surface area contributed by atoms with Gasteiger partial charge in [-0.05, 0) is 26.0 Å². The zero-order chi connectivity index (χ0) is 11.4. The van der Waals surface area contributed by atoms with E-state index in [4.69, 9.17) is 0 Å². The van der Waals surface area contributed by atoms with Crippen molar-refractivity contribution in [3.05, 3.63) is 32.8 Å². The molecule has 1 rings (SSSR count). The molecule has 0 unspecified atom stereocenters. The van der Waals surface area contributed by atoms with Gasteiger partial charge in [-0.2, -0.15) is 0 Å². The van der Waals surface area contributed by atoms with Crippen LogP contribution in [0.15, 0.2) is 22.7 Å². The van der Waals surface area contributed by atoms with Crippen molar-refractivity contribution in [3.63, 3.8) is 0 Å². The predicted octanol–water partition coefficient (Wildman–Crippen LogP) is 3.20. The van der Waals surface area contributed by atoms with Gasteiger partial charge < -0.3 is 4.90 Å². The molecule has 0 aliphatic heterocycles. The van der Waals surface area contributed by atoms with Gasteiger partial charge in [-0.15, -0.1) is 0 Å². The van der Waals surface area contributed by atoms with Crippen LogP contribution in [0.2, 0.25) is 0 Å². The summed E-state index contributed by atoms with van der Waals surface area (Å²) in [6.45, 7) is 5.48. The number of hydrogen-bond acceptors (Lipinski definition) is 3. The van der Waals surface area contributed by atoms with Crippen LogP contribution >= 0.6 is 15.9 Å². The Morgan fingerprint density at radius 2 is 2.00 bits per heavy atom. The second kappa shape index (κ2) is 5.11. The highest BCUT2D eigenvalue weighted by molar-refractivity contribution is 9.10. The number of nitro benzene ring substituents is 1. The highest BCUT2D eigenvalue weighted by Gasteiger charge is 2.17. The van der Waals surface area contributed by atoms with Crippen LogP contribution in [-0.2, 0) is 0 Å². The average molecular weight is 273 g/mol. The minimum Gasteiger partial charge on any atom is -0.367 e. The second-order valence-corrected chi connectivity index (χ2v) is 3.98. The largest absolute Gasteiger partial charge is 0.367 e. The fourth-order valence-electron chi connectivity index (χ4n) is 1.47. The third-order valence-electron chi connectivity index (χ3n) is 2.24. The first-order chi connectivity index (χ1) is 7.10. The summed E-state index contributed by atoms with van der Waals surface area (Å²) in [5.41, 5.74) is 0.821. The third kappa shape index (κ3) is 2.68. The van der Waals surface area contributed by atoms with Crippen LogP contribution in [0.4, 0.5) is 11.4 Å². The predicted molar refractivity (Wildman–Crippen MR) is 64.4 cm³/mol. The van der Waals surface area contributed by atoms with Crippen LogP contribution in [0, 0.1) is 10.1 Å². The summed E-state index contributed by atoms with van der Waals surface area (Å²) in [5.74, 6) is 0. The first kappa shape index (κ1) is 12.0. The second-order valence-electron chi connectivity index (χ2n) is 3.06. The lowest BCUT2D eigenvalue weighted by Gasteiger charge is -2.20. The van der Waals surface area contributed by atoms with E-state index in [0.29, 0.717) is 5.69 Å². The summed E-state index contributed by atoms with van der Waals surface area (Å²) in [4.78, 5) is 12.4. The van der Waals surface area contributed by atoms with Crippen LogP contribution in [-0.4, -0.2) is 18.0 Å². The van der Waals surface area contributed by atoms with Crippen molar-refractivity contribution in [1.29, 1.82) is 0 Å². The molecule has 0 saturated carbocycles. The molecule has 82 valence electrons. The zero-order valence-corrected chi connectivity index (χ0v) is 10.3. The van der Waals surface area contributed by atoms with Gasteiger partial charge in [-0.25, -0.2) is 0 Å². The first-order valence-corrected chi connectivity index (χ1v) is 5.58. The minimum absolute atomic E-state index is 0.155. The van der Waals surface area contributed by atoms with Crippen LogP contribution < -0.4 is 4.90 Å². The standard InChI is InChI=1S/C10H13BrN2O2/c1-3-12(4-2)10-7-8(11)5-6-9(10)13(14)15/h5-7H,3-4H2,1-2H3. The zero-order valence-electron chi connectivity index (χ0n) is 8.74. The summed E-state index contributed by atoms with van der Waals surface area (Å²) in [6.07, 6.45) is 0. The summed E-state index contributed by atoms with van der Waals surface area (Å²) in [7, 11) is 0. The average Bonchev–Trinajstić information content (AvgIpc) is 2.19. The van der Waals surface area contributed by atoms with Crippen molar-refractivity contribution in [2.45, 2.75) is 13.8 Å². The van der Waals surface area contributed by atoms with Gasteiger partial charge in [0, 0.05) is 23.6 Å². The molecule has 15 heavy (non-hydrogen) atoms. The number of nitrogens with zero attached hydrogens (tertiary/aromatic N) is 2. The molecule has 0 saturated heterocycles. The van der Waals surface area contributed by atoms with Gasteiger partial charge in [0.15, 0.2) is 0 Å². The molecule has 0 atom stereocenters. The molecule has 0 aliphatic carbocycles. The summed E-state index contributed by atoms with van der Waals surface area (Å²) < 4.78 is 0.856. The molecule has 0 aromatic heterocycles. The van der Waals surface area contributed by atoms with Gasteiger partial charge in [0.25, 0.3) is 5.69 Å². The molecule has 1 aromatic carbocycles. The molecule has 0 radical (unpaired) electrons. The van der Waals surface area contributed by atoms with Crippen molar-refractivity contribution in [3.8, 4) is 0 Å². The SMILES string of the molecule is CCN(CC)c1cc(Br)ccc1[N+](=O)[O-]. The molecule has 4 nitrogen and oxygen atoms in total. The monoisotopic (exact) mass is 272 g/mol. The maximum Gasteiger partial charge on any atom is 0.292 e. The van der Waals surface area contributed by atoms with Gasteiger partial charge in [0.1, 0.15) is 5.69 Å². The Labute approximate surface area is 97.2 Å². The quantitative estimate of drug-likeness (QED) is 0.625. The molecule has 0 N–H and O–H groups in total. The van der Waals surface area contributed by atoms with Crippen LogP contribution in [0.1, 0.15) is 13.8 Å². The van der Waals surface area contributed by atoms with Crippen molar-refractivity contribution in [2.24, 2.45) is 0 Å². The van der Waals surface area contributed by atoms with Gasteiger partial charge in [0.05, 0.1) is 4.92 Å².